The summed E-state index contributed by atoms with van der Waals surface area (Å²) in [5, 5.41) is 1.31. The first-order valence-electron chi connectivity index (χ1n) is 12.5. The molecule has 1 aliphatic rings. The molecule has 214 valence electrons. The van der Waals surface area contributed by atoms with Crippen LogP contribution in [0.1, 0.15) is 26.3 Å². The number of rotatable bonds is 8. The maximum Gasteiger partial charge on any atom is 0.573 e. The van der Waals surface area contributed by atoms with Gasteiger partial charge in [-0.25, -0.2) is 10.2 Å². The third-order valence-corrected chi connectivity index (χ3v) is 6.95. The van der Waals surface area contributed by atoms with Gasteiger partial charge in [0.05, 0.1) is 28.8 Å². The third kappa shape index (κ3) is 6.55. The summed E-state index contributed by atoms with van der Waals surface area (Å²) in [5.41, 5.74) is 10.1. The first kappa shape index (κ1) is 29.7. The Hall–Kier alpha value is -4.29. The molecular formula is C29H28F4N5O2S+. The lowest BCUT2D eigenvalue weighted by Crippen LogP contribution is -2.39. The Morgan fingerprint density at radius 3 is 2.41 bits per heavy atom. The fraction of sp³-hybridized carbons (Fsp3) is 0.207. The van der Waals surface area contributed by atoms with Crippen molar-refractivity contribution in [2.75, 3.05) is 9.91 Å². The van der Waals surface area contributed by atoms with Crippen LogP contribution in [0.4, 0.5) is 28.9 Å². The number of hydrogen-bond acceptors (Lipinski definition) is 7. The fourth-order valence-electron chi connectivity index (χ4n) is 4.67. The van der Waals surface area contributed by atoms with Crippen molar-refractivity contribution in [3.05, 3.63) is 89.9 Å². The number of hydrogen-bond donors (Lipinski definition) is 2. The predicted molar refractivity (Wildman–Crippen MR) is 154 cm³/mol. The quantitative estimate of drug-likeness (QED) is 0.135. The third-order valence-electron chi connectivity index (χ3n) is 6.50. The molecule has 7 nitrogen and oxygen atoms in total. The molecule has 0 fully saturated rings. The van der Waals surface area contributed by atoms with Gasteiger partial charge in [-0.2, -0.15) is 0 Å². The lowest BCUT2D eigenvalue weighted by atomic mass is 10.0. The van der Waals surface area contributed by atoms with Crippen LogP contribution < -0.4 is 26.2 Å². The van der Waals surface area contributed by atoms with E-state index in [-0.39, 0.29) is 17.4 Å². The molecule has 0 aromatic heterocycles. The molecule has 1 aliphatic heterocycles. The molecule has 41 heavy (non-hydrogen) atoms. The number of anilines is 2. The normalized spacial score (nSPS) is 16.5. The van der Waals surface area contributed by atoms with E-state index in [1.54, 1.807) is 37.4 Å². The molecular weight excluding hydrogens is 558 g/mol. The van der Waals surface area contributed by atoms with Crippen LogP contribution in [0.3, 0.4) is 0 Å². The molecule has 0 radical (unpaired) electrons. The summed E-state index contributed by atoms with van der Waals surface area (Å²) in [6.07, 6.45) is -3.27. The Balaban J connectivity index is 1.85. The first-order valence-corrected chi connectivity index (χ1v) is 13.2. The molecule has 0 amide bonds. The number of aliphatic imine (C=N–C) groups is 1. The summed E-state index contributed by atoms with van der Waals surface area (Å²) in [6, 6.07) is 17.4. The zero-order valence-electron chi connectivity index (χ0n) is 22.4. The van der Waals surface area contributed by atoms with Crippen LogP contribution >= 0.6 is 0 Å². The fourth-order valence-corrected chi connectivity index (χ4v) is 4.98. The Bertz CT molecular complexity index is 1520. The molecule has 4 N–H and O–H groups in total. The number of allylic oxidation sites excluding steroid dienone is 2. The van der Waals surface area contributed by atoms with Crippen LogP contribution in [0.15, 0.2) is 94.2 Å². The zero-order chi connectivity index (χ0) is 29.9. The Kier molecular flexibility index (Phi) is 8.74. The van der Waals surface area contributed by atoms with Gasteiger partial charge in [0.1, 0.15) is 11.9 Å². The van der Waals surface area contributed by atoms with Gasteiger partial charge < -0.3 is 15.4 Å². The summed E-state index contributed by atoms with van der Waals surface area (Å²) in [6.45, 7) is 5.08. The second-order valence-corrected chi connectivity index (χ2v) is 9.92. The first-order chi connectivity index (χ1) is 19.4. The second kappa shape index (κ2) is 12.1. The summed E-state index contributed by atoms with van der Waals surface area (Å²) >= 11 is 0.372. The van der Waals surface area contributed by atoms with Crippen molar-refractivity contribution in [3.63, 3.8) is 0 Å². The van der Waals surface area contributed by atoms with Gasteiger partial charge in [0.2, 0.25) is 0 Å². The Labute approximate surface area is 238 Å². The van der Waals surface area contributed by atoms with E-state index in [0.29, 0.717) is 39.2 Å². The lowest BCUT2D eigenvalue weighted by molar-refractivity contribution is -0.274. The molecule has 2 atom stereocenters. The van der Waals surface area contributed by atoms with E-state index in [1.807, 2.05) is 30.0 Å². The summed E-state index contributed by atoms with van der Waals surface area (Å²) < 4.78 is 67.8. The van der Waals surface area contributed by atoms with E-state index in [1.165, 1.54) is 30.3 Å². The highest BCUT2D eigenvalue weighted by molar-refractivity contribution is 7.65. The molecule has 1 heterocycles. The van der Waals surface area contributed by atoms with Crippen molar-refractivity contribution < 1.29 is 26.5 Å². The molecule has 0 bridgehead atoms. The van der Waals surface area contributed by atoms with E-state index in [0.717, 1.165) is 23.3 Å². The number of halogens is 4. The van der Waals surface area contributed by atoms with Crippen molar-refractivity contribution in [1.82, 2.24) is 0 Å². The molecule has 3 aromatic carbocycles. The Morgan fingerprint density at radius 2 is 1.80 bits per heavy atom. The zero-order valence-corrected chi connectivity index (χ0v) is 23.2. The minimum absolute atomic E-state index is 0.264. The maximum absolute atomic E-state index is 14.4. The van der Waals surface area contributed by atoms with Gasteiger partial charge in [0, 0.05) is 40.0 Å². The smallest absolute Gasteiger partial charge is 0.406 e. The van der Waals surface area contributed by atoms with Crippen molar-refractivity contribution in [1.29, 1.82) is 0 Å². The van der Waals surface area contributed by atoms with Gasteiger partial charge in [0.25, 0.3) is 4.90 Å². The van der Waals surface area contributed by atoms with Crippen molar-refractivity contribution in [3.8, 4) is 16.9 Å². The van der Waals surface area contributed by atoms with E-state index in [2.05, 4.69) is 9.73 Å². The summed E-state index contributed by atoms with van der Waals surface area (Å²) in [7, 11) is 0. The van der Waals surface area contributed by atoms with Gasteiger partial charge >= 0.3 is 18.0 Å². The number of alkyl halides is 4. The number of nitrogens with zero attached hydrogens (tertiary/aromatic N) is 3. The van der Waals surface area contributed by atoms with Crippen molar-refractivity contribution in [2.45, 2.75) is 44.2 Å². The highest BCUT2D eigenvalue weighted by Gasteiger charge is 2.31. The molecule has 0 saturated carbocycles. The predicted octanol–water partition coefficient (Wildman–Crippen LogP) is 6.55. The van der Waals surface area contributed by atoms with E-state index in [4.69, 9.17) is 11.6 Å². The SMILES string of the molecule is CC1=C(C(C)F)N=CC(C)N1c1ccc(-c2cccc([S+]=O)c2)cc1N(N)/C(=C\N)c1ccc(OC(F)(F)F)cc1. The summed E-state index contributed by atoms with van der Waals surface area (Å²) in [5.74, 6) is 6.29. The molecule has 0 spiro atoms. The molecule has 0 aliphatic carbocycles. The molecule has 0 saturated heterocycles. The average Bonchev–Trinajstić information content (AvgIpc) is 2.93. The monoisotopic (exact) mass is 586 g/mol. The van der Waals surface area contributed by atoms with Crippen LogP contribution in [0.25, 0.3) is 16.8 Å². The van der Waals surface area contributed by atoms with Gasteiger partial charge in [-0.1, -0.05) is 18.2 Å². The minimum atomic E-state index is -4.83. The summed E-state index contributed by atoms with van der Waals surface area (Å²) in [4.78, 5) is 6.72. The van der Waals surface area contributed by atoms with Crippen molar-refractivity contribution >= 4 is 35.0 Å². The van der Waals surface area contributed by atoms with Gasteiger partial charge in [-0.15, -0.1) is 13.2 Å². The molecule has 2 unspecified atom stereocenters. The number of benzene rings is 3. The number of ether oxygens (including phenoxy) is 1. The van der Waals surface area contributed by atoms with Crippen LogP contribution in [0, 0.1) is 0 Å². The van der Waals surface area contributed by atoms with E-state index >= 15 is 0 Å². The highest BCUT2D eigenvalue weighted by atomic mass is 32.1. The van der Waals surface area contributed by atoms with Crippen LogP contribution in [-0.2, 0) is 15.9 Å². The van der Waals surface area contributed by atoms with Crippen LogP contribution in [-0.4, -0.2) is 24.8 Å². The van der Waals surface area contributed by atoms with E-state index < -0.39 is 18.3 Å². The van der Waals surface area contributed by atoms with Gasteiger partial charge in [-0.05, 0) is 68.3 Å². The highest BCUT2D eigenvalue weighted by Crippen LogP contribution is 2.40. The van der Waals surface area contributed by atoms with Crippen molar-refractivity contribution in [2.24, 2.45) is 16.6 Å². The molecule has 12 heteroatoms. The van der Waals surface area contributed by atoms with Gasteiger partial charge in [-0.3, -0.25) is 10.0 Å². The maximum atomic E-state index is 14.4. The minimum Gasteiger partial charge on any atom is -0.406 e. The second-order valence-electron chi connectivity index (χ2n) is 9.28. The standard InChI is InChI=1S/C29H28F4N5O2S/c1-17-16-36-28(18(2)30)19(3)37(17)25-12-9-22(21-5-4-6-24(13-21)41-39)14-26(25)38(35)27(15-34)20-7-10-23(11-8-20)40-29(31,32)33/h4-18H,34-35H2,1-3H3/q+1/b27-15-. The van der Waals surface area contributed by atoms with E-state index in [9.17, 15) is 21.8 Å². The Morgan fingerprint density at radius 1 is 1.12 bits per heavy atom. The average molecular weight is 587 g/mol. The number of nitrogens with two attached hydrogens (primary N) is 2. The van der Waals surface area contributed by atoms with Gasteiger partial charge in [0.15, 0.2) is 0 Å². The molecule has 3 aromatic rings. The van der Waals surface area contributed by atoms with Crippen LogP contribution in [0.5, 0.6) is 5.75 Å². The lowest BCUT2D eigenvalue weighted by Gasteiger charge is -2.37. The largest absolute Gasteiger partial charge is 0.573 e. The topological polar surface area (TPSA) is 97.2 Å². The van der Waals surface area contributed by atoms with Crippen LogP contribution in [0.2, 0.25) is 0 Å². The molecule has 4 rings (SSSR count). The number of hydrazine groups is 1.